The van der Waals surface area contributed by atoms with Crippen LogP contribution in [0.5, 0.6) is 0 Å². The molecule has 3 aliphatic rings. The van der Waals surface area contributed by atoms with Crippen LogP contribution in [0.4, 0.5) is 39.8 Å². The molecule has 4 heteroatoms. The van der Waals surface area contributed by atoms with Crippen molar-refractivity contribution < 1.29 is 0 Å². The van der Waals surface area contributed by atoms with Crippen LogP contribution in [0.3, 0.4) is 0 Å². The molecule has 6 aromatic carbocycles. The second kappa shape index (κ2) is 10.2. The van der Waals surface area contributed by atoms with E-state index in [2.05, 4.69) is 181 Å². The van der Waals surface area contributed by atoms with Crippen molar-refractivity contribution in [1.82, 2.24) is 0 Å². The van der Waals surface area contributed by atoms with Gasteiger partial charge >= 0.3 is 0 Å². The van der Waals surface area contributed by atoms with Gasteiger partial charge in [0.15, 0.2) is 0 Å². The van der Waals surface area contributed by atoms with Crippen LogP contribution in [-0.4, -0.2) is 12.9 Å². The van der Waals surface area contributed by atoms with Gasteiger partial charge in [-0.1, -0.05) is 123 Å². The number of nitrogens with zero attached hydrogens (tertiary/aromatic N) is 3. The highest BCUT2D eigenvalue weighted by molar-refractivity contribution is 6.98. The van der Waals surface area contributed by atoms with E-state index in [0.29, 0.717) is 0 Å². The summed E-state index contributed by atoms with van der Waals surface area (Å²) >= 11 is 0. The molecule has 0 spiro atoms. The van der Waals surface area contributed by atoms with Crippen LogP contribution in [0, 0.1) is 0 Å². The molecule has 1 unspecified atom stereocenters. The molecule has 222 valence electrons. The lowest BCUT2D eigenvalue weighted by molar-refractivity contribution is 0.590. The Bertz CT molecular complexity index is 2090. The Hall–Kier alpha value is -5.22. The summed E-state index contributed by atoms with van der Waals surface area (Å²) < 4.78 is 0. The predicted octanol–water partition coefficient (Wildman–Crippen LogP) is 8.46. The zero-order valence-electron chi connectivity index (χ0n) is 26.6. The summed E-state index contributed by atoms with van der Waals surface area (Å²) in [4.78, 5) is 7.67. The number of benzene rings is 6. The molecule has 3 aliphatic heterocycles. The largest absolute Gasteiger partial charge is 0.318 e. The fraction of sp³-hybridized carbons (Fsp3) is 0.143. The Morgan fingerprint density at radius 3 is 1.85 bits per heavy atom. The quantitative estimate of drug-likeness (QED) is 0.190. The van der Waals surface area contributed by atoms with E-state index in [0.717, 1.165) is 6.42 Å². The first-order chi connectivity index (χ1) is 22.5. The number of anilines is 7. The van der Waals surface area contributed by atoms with E-state index in [1.165, 1.54) is 67.3 Å². The molecule has 3 heterocycles. The van der Waals surface area contributed by atoms with Crippen molar-refractivity contribution in [3.63, 3.8) is 0 Å². The number of fused-ring (bicyclic) bond motifs is 7. The lowest BCUT2D eigenvalue weighted by Crippen LogP contribution is -2.57. The van der Waals surface area contributed by atoms with E-state index < -0.39 is 0 Å². The van der Waals surface area contributed by atoms with Crippen molar-refractivity contribution in [2.24, 2.45) is 0 Å². The third-order valence-electron chi connectivity index (χ3n) is 10.1. The summed E-state index contributed by atoms with van der Waals surface area (Å²) in [6.07, 6.45) is 1.17. The zero-order valence-corrected chi connectivity index (χ0v) is 26.6. The monoisotopic (exact) mass is 593 g/mol. The van der Waals surface area contributed by atoms with Gasteiger partial charge in [-0.3, -0.25) is 0 Å². The molecule has 0 radical (unpaired) electrons. The first-order valence-corrected chi connectivity index (χ1v) is 16.4. The highest BCUT2D eigenvalue weighted by Crippen LogP contribution is 2.54. The minimum atomic E-state index is 0.0278. The lowest BCUT2D eigenvalue weighted by atomic mass is 9.35. The topological polar surface area (TPSA) is 9.72 Å². The van der Waals surface area contributed by atoms with Crippen LogP contribution >= 0.6 is 0 Å². The van der Waals surface area contributed by atoms with Crippen molar-refractivity contribution in [2.75, 3.05) is 14.7 Å². The Balaban J connectivity index is 1.36. The summed E-state index contributed by atoms with van der Waals surface area (Å²) in [5.41, 5.74) is 15.5. The van der Waals surface area contributed by atoms with Crippen LogP contribution in [0.25, 0.3) is 0 Å². The fourth-order valence-electron chi connectivity index (χ4n) is 7.92. The van der Waals surface area contributed by atoms with Crippen molar-refractivity contribution in [3.05, 3.63) is 157 Å². The van der Waals surface area contributed by atoms with Crippen molar-refractivity contribution >= 4 is 62.9 Å². The molecule has 0 aromatic heterocycles. The van der Waals surface area contributed by atoms with Gasteiger partial charge in [0.1, 0.15) is 6.17 Å². The standard InChI is InChI=1S/C42H36BN3/c1-42(2,3)30-23-24-34-37(26-30)44(32-18-9-5-10-19-32)38-28-40-39(27-35(38)43(34)31-16-7-4-8-17-31)46-36-22-14-13-15-29(36)25-41(46)45(40)33-20-11-6-12-21-33/h4-24,26-28,41H,25H2,1-3H3. The first-order valence-electron chi connectivity index (χ1n) is 16.4. The van der Waals surface area contributed by atoms with Crippen LogP contribution < -0.4 is 31.1 Å². The fourth-order valence-corrected chi connectivity index (χ4v) is 7.92. The van der Waals surface area contributed by atoms with Crippen molar-refractivity contribution in [1.29, 1.82) is 0 Å². The zero-order chi connectivity index (χ0) is 31.0. The molecule has 0 saturated carbocycles. The number of hydrogen-bond donors (Lipinski definition) is 0. The van der Waals surface area contributed by atoms with Crippen LogP contribution in [0.2, 0.25) is 0 Å². The Morgan fingerprint density at radius 1 is 0.522 bits per heavy atom. The Morgan fingerprint density at radius 2 is 1.13 bits per heavy atom. The van der Waals surface area contributed by atoms with Gasteiger partial charge in [-0.15, -0.1) is 0 Å². The SMILES string of the molecule is CC(C)(C)c1ccc2c(c1)N(c1ccccc1)c1cc3c(cc1B2c1ccccc1)N1c2ccccc2CC1N3c1ccccc1. The van der Waals surface area contributed by atoms with E-state index >= 15 is 0 Å². The average molecular weight is 594 g/mol. The number of rotatable bonds is 3. The third-order valence-corrected chi connectivity index (χ3v) is 10.1. The molecule has 0 fully saturated rings. The van der Waals surface area contributed by atoms with Crippen molar-refractivity contribution in [2.45, 2.75) is 38.8 Å². The van der Waals surface area contributed by atoms with Gasteiger partial charge in [0.25, 0.3) is 0 Å². The average Bonchev–Trinajstić information content (AvgIpc) is 3.61. The normalized spacial score (nSPS) is 16.1. The van der Waals surface area contributed by atoms with Gasteiger partial charge in [-0.05, 0) is 76.0 Å². The highest BCUT2D eigenvalue weighted by atomic mass is 15.4. The molecule has 0 amide bonds. The molecule has 0 bridgehead atoms. The van der Waals surface area contributed by atoms with Crippen LogP contribution in [-0.2, 0) is 11.8 Å². The van der Waals surface area contributed by atoms with Crippen molar-refractivity contribution in [3.8, 4) is 0 Å². The summed E-state index contributed by atoms with van der Waals surface area (Å²) in [5.74, 6) is 0. The van der Waals surface area contributed by atoms with E-state index in [1.54, 1.807) is 0 Å². The van der Waals surface area contributed by atoms with E-state index in [4.69, 9.17) is 0 Å². The minimum Gasteiger partial charge on any atom is -0.318 e. The smallest absolute Gasteiger partial charge is 0.246 e. The predicted molar refractivity (Wildman–Crippen MR) is 196 cm³/mol. The Labute approximate surface area is 272 Å². The second-order valence-electron chi connectivity index (χ2n) is 13.8. The van der Waals surface area contributed by atoms with Gasteiger partial charge in [0.05, 0.1) is 11.4 Å². The van der Waals surface area contributed by atoms with Gasteiger partial charge < -0.3 is 14.7 Å². The molecule has 9 rings (SSSR count). The van der Waals surface area contributed by atoms with Gasteiger partial charge in [-0.25, -0.2) is 0 Å². The molecule has 0 saturated heterocycles. The highest BCUT2D eigenvalue weighted by Gasteiger charge is 2.45. The van der Waals surface area contributed by atoms with Gasteiger partial charge in [0, 0.05) is 34.9 Å². The molecule has 6 aromatic rings. The van der Waals surface area contributed by atoms with Gasteiger partial charge in [0.2, 0.25) is 6.71 Å². The van der Waals surface area contributed by atoms with E-state index in [9.17, 15) is 0 Å². The molecule has 0 N–H and O–H groups in total. The number of hydrogen-bond acceptors (Lipinski definition) is 3. The maximum atomic E-state index is 2.59. The molecular weight excluding hydrogens is 557 g/mol. The molecule has 3 nitrogen and oxygen atoms in total. The maximum Gasteiger partial charge on any atom is 0.246 e. The molecular formula is C42H36BN3. The first kappa shape index (κ1) is 27.1. The van der Waals surface area contributed by atoms with Gasteiger partial charge in [-0.2, -0.15) is 0 Å². The lowest BCUT2D eigenvalue weighted by Gasteiger charge is -2.39. The summed E-state index contributed by atoms with van der Waals surface area (Å²) in [6, 6.07) is 54.0. The minimum absolute atomic E-state index is 0.0278. The molecule has 0 aliphatic carbocycles. The van der Waals surface area contributed by atoms with E-state index in [-0.39, 0.29) is 18.3 Å². The molecule has 46 heavy (non-hydrogen) atoms. The second-order valence-corrected chi connectivity index (χ2v) is 13.8. The number of para-hydroxylation sites is 3. The summed E-state index contributed by atoms with van der Waals surface area (Å²) in [5, 5.41) is 0. The summed E-state index contributed by atoms with van der Waals surface area (Å²) in [6.45, 7) is 7.03. The molecule has 1 atom stereocenters. The third kappa shape index (κ3) is 4.06. The van der Waals surface area contributed by atoms with E-state index in [1.807, 2.05) is 0 Å². The maximum absolute atomic E-state index is 2.59. The van der Waals surface area contributed by atoms with Crippen LogP contribution in [0.1, 0.15) is 31.9 Å². The Kier molecular flexibility index (Phi) is 5.99. The van der Waals surface area contributed by atoms with Crippen LogP contribution in [0.15, 0.2) is 146 Å². The summed E-state index contributed by atoms with van der Waals surface area (Å²) in [7, 11) is 0.